The molecule has 1 aromatic heterocycles. The van der Waals surface area contributed by atoms with Crippen molar-refractivity contribution in [1.29, 1.82) is 0 Å². The summed E-state index contributed by atoms with van der Waals surface area (Å²) in [5.74, 6) is 3.31. The molecule has 3 heterocycles. The summed E-state index contributed by atoms with van der Waals surface area (Å²) in [5, 5.41) is 6.98. The Labute approximate surface area is 183 Å². The van der Waals surface area contributed by atoms with E-state index in [1.807, 2.05) is 19.1 Å². The lowest BCUT2D eigenvalue weighted by Crippen LogP contribution is -2.45. The SMILES string of the molecule is COc1cccc(CN2CCC[C@@]3(CCN(C(=O)CCc4n[nH]c(C)n4)C3)C2)c1OC. The molecule has 0 bridgehead atoms. The number of likely N-dealkylation sites (tertiary alicyclic amines) is 2. The number of piperidine rings is 1. The van der Waals surface area contributed by atoms with Gasteiger partial charge in [0.1, 0.15) is 5.82 Å². The molecule has 1 amide bonds. The molecular formula is C23H33N5O3. The van der Waals surface area contributed by atoms with Crippen LogP contribution < -0.4 is 9.47 Å². The topological polar surface area (TPSA) is 83.6 Å². The molecule has 1 N–H and O–H groups in total. The van der Waals surface area contributed by atoms with Gasteiger partial charge in [-0.25, -0.2) is 4.98 Å². The average Bonchev–Trinajstić information content (AvgIpc) is 3.38. The molecule has 2 aromatic rings. The largest absolute Gasteiger partial charge is 0.493 e. The Morgan fingerprint density at radius 1 is 1.19 bits per heavy atom. The van der Waals surface area contributed by atoms with E-state index < -0.39 is 0 Å². The molecule has 4 rings (SSSR count). The van der Waals surface area contributed by atoms with Crippen LogP contribution in [0.3, 0.4) is 0 Å². The van der Waals surface area contributed by atoms with Crippen molar-refractivity contribution in [1.82, 2.24) is 25.0 Å². The molecule has 8 nitrogen and oxygen atoms in total. The molecule has 31 heavy (non-hydrogen) atoms. The van der Waals surface area contributed by atoms with Crippen molar-refractivity contribution in [2.24, 2.45) is 5.41 Å². The number of benzene rings is 1. The molecule has 8 heteroatoms. The van der Waals surface area contributed by atoms with Crippen molar-refractivity contribution in [3.8, 4) is 11.5 Å². The predicted molar refractivity (Wildman–Crippen MR) is 117 cm³/mol. The van der Waals surface area contributed by atoms with Crippen LogP contribution in [-0.4, -0.2) is 71.3 Å². The van der Waals surface area contributed by atoms with Crippen molar-refractivity contribution in [2.75, 3.05) is 40.4 Å². The maximum absolute atomic E-state index is 12.8. The van der Waals surface area contributed by atoms with Gasteiger partial charge in [0, 0.05) is 50.0 Å². The molecule has 2 saturated heterocycles. The number of H-pyrrole nitrogens is 1. The number of aromatic amines is 1. The minimum atomic E-state index is 0.196. The van der Waals surface area contributed by atoms with Crippen molar-refractivity contribution in [3.05, 3.63) is 35.4 Å². The van der Waals surface area contributed by atoms with E-state index in [0.717, 1.165) is 74.3 Å². The van der Waals surface area contributed by atoms with Crippen molar-refractivity contribution >= 4 is 5.91 Å². The summed E-state index contributed by atoms with van der Waals surface area (Å²) in [6, 6.07) is 6.06. The Hall–Kier alpha value is -2.61. The van der Waals surface area contributed by atoms with Crippen LogP contribution in [0.15, 0.2) is 18.2 Å². The number of aryl methyl sites for hydroxylation is 2. The van der Waals surface area contributed by atoms with Gasteiger partial charge in [-0.15, -0.1) is 0 Å². The van der Waals surface area contributed by atoms with Crippen LogP contribution in [0.5, 0.6) is 11.5 Å². The minimum Gasteiger partial charge on any atom is -0.493 e. The van der Waals surface area contributed by atoms with Crippen LogP contribution in [-0.2, 0) is 17.8 Å². The number of amides is 1. The van der Waals surface area contributed by atoms with E-state index in [1.165, 1.54) is 6.42 Å². The Morgan fingerprint density at radius 3 is 2.81 bits per heavy atom. The van der Waals surface area contributed by atoms with Gasteiger partial charge in [0.15, 0.2) is 17.3 Å². The lowest BCUT2D eigenvalue weighted by Gasteiger charge is -2.40. The quantitative estimate of drug-likeness (QED) is 0.731. The molecule has 168 valence electrons. The van der Waals surface area contributed by atoms with Crippen LogP contribution in [0.2, 0.25) is 0 Å². The van der Waals surface area contributed by atoms with Crippen molar-refractivity contribution in [2.45, 2.75) is 45.6 Å². The second-order valence-corrected chi connectivity index (χ2v) is 8.87. The standard InChI is InChI=1S/C23H33N5O3/c1-17-24-20(26-25-17)8-9-21(29)28-13-11-23(16-28)10-5-12-27(15-23)14-18-6-4-7-19(30-2)22(18)31-3/h4,6-7H,5,8-16H2,1-3H3,(H,24,25,26)/t23-/m1/s1. The molecule has 1 spiro atoms. The zero-order valence-electron chi connectivity index (χ0n) is 18.8. The number of nitrogens with one attached hydrogen (secondary N) is 1. The summed E-state index contributed by atoms with van der Waals surface area (Å²) in [5.41, 5.74) is 1.34. The normalized spacial score (nSPS) is 21.6. The fourth-order valence-electron chi connectivity index (χ4n) is 5.12. The van der Waals surface area contributed by atoms with Crippen LogP contribution in [0.1, 0.15) is 42.9 Å². The van der Waals surface area contributed by atoms with Gasteiger partial charge in [-0.1, -0.05) is 12.1 Å². The van der Waals surface area contributed by atoms with Gasteiger partial charge < -0.3 is 14.4 Å². The number of nitrogens with zero attached hydrogens (tertiary/aromatic N) is 4. The first kappa shape index (κ1) is 21.6. The summed E-state index contributed by atoms with van der Waals surface area (Å²) >= 11 is 0. The van der Waals surface area contributed by atoms with E-state index in [1.54, 1.807) is 14.2 Å². The maximum atomic E-state index is 12.8. The smallest absolute Gasteiger partial charge is 0.223 e. The molecule has 2 aliphatic heterocycles. The van der Waals surface area contributed by atoms with Crippen LogP contribution in [0.4, 0.5) is 0 Å². The summed E-state index contributed by atoms with van der Waals surface area (Å²) in [6.45, 7) is 6.49. The highest BCUT2D eigenvalue weighted by Crippen LogP contribution is 2.40. The van der Waals surface area contributed by atoms with Gasteiger partial charge in [-0.3, -0.25) is 14.8 Å². The van der Waals surface area contributed by atoms with Gasteiger partial charge in [-0.05, 0) is 38.8 Å². The van der Waals surface area contributed by atoms with Gasteiger partial charge in [0.25, 0.3) is 0 Å². The molecule has 0 saturated carbocycles. The van der Waals surface area contributed by atoms with Crippen LogP contribution in [0, 0.1) is 12.3 Å². The first-order valence-electron chi connectivity index (χ1n) is 11.1. The first-order chi connectivity index (χ1) is 15.0. The number of ether oxygens (including phenoxy) is 2. The third kappa shape index (κ3) is 4.84. The third-order valence-electron chi connectivity index (χ3n) is 6.62. The van der Waals surface area contributed by atoms with Crippen molar-refractivity contribution < 1.29 is 14.3 Å². The van der Waals surface area contributed by atoms with E-state index in [4.69, 9.17) is 9.47 Å². The second kappa shape index (κ2) is 9.26. The number of methoxy groups -OCH3 is 2. The first-order valence-corrected chi connectivity index (χ1v) is 11.1. The fourth-order valence-corrected chi connectivity index (χ4v) is 5.12. The number of para-hydroxylation sites is 1. The average molecular weight is 428 g/mol. The number of hydrogen-bond acceptors (Lipinski definition) is 6. The number of carbonyl (C=O) groups is 1. The fraction of sp³-hybridized carbons (Fsp3) is 0.609. The highest BCUT2D eigenvalue weighted by Gasteiger charge is 2.42. The van der Waals surface area contributed by atoms with Gasteiger partial charge in [0.05, 0.1) is 14.2 Å². The molecule has 1 aromatic carbocycles. The summed E-state index contributed by atoms with van der Waals surface area (Å²) in [7, 11) is 3.37. The third-order valence-corrected chi connectivity index (χ3v) is 6.62. The maximum Gasteiger partial charge on any atom is 0.223 e. The van der Waals surface area contributed by atoms with E-state index in [2.05, 4.69) is 31.0 Å². The zero-order chi connectivity index (χ0) is 21.8. The highest BCUT2D eigenvalue weighted by atomic mass is 16.5. The summed E-state index contributed by atoms with van der Waals surface area (Å²) in [6.07, 6.45) is 4.48. The molecule has 2 fully saturated rings. The van der Waals surface area contributed by atoms with Gasteiger partial charge in [0.2, 0.25) is 5.91 Å². The number of rotatable bonds is 7. The highest BCUT2D eigenvalue weighted by molar-refractivity contribution is 5.76. The molecule has 0 unspecified atom stereocenters. The van der Waals surface area contributed by atoms with Crippen LogP contribution in [0.25, 0.3) is 0 Å². The Kier molecular flexibility index (Phi) is 6.46. The monoisotopic (exact) mass is 427 g/mol. The summed E-state index contributed by atoms with van der Waals surface area (Å²) < 4.78 is 11.1. The summed E-state index contributed by atoms with van der Waals surface area (Å²) in [4.78, 5) is 21.7. The lowest BCUT2D eigenvalue weighted by molar-refractivity contribution is -0.130. The molecule has 0 radical (unpaired) electrons. The second-order valence-electron chi connectivity index (χ2n) is 8.87. The molecule has 1 atom stereocenters. The number of aromatic nitrogens is 3. The number of carbonyl (C=O) groups excluding carboxylic acids is 1. The zero-order valence-corrected chi connectivity index (χ0v) is 18.8. The molecule has 2 aliphatic rings. The van der Waals surface area contributed by atoms with E-state index in [0.29, 0.717) is 12.8 Å². The van der Waals surface area contributed by atoms with E-state index in [9.17, 15) is 4.79 Å². The van der Waals surface area contributed by atoms with Gasteiger partial charge >= 0.3 is 0 Å². The van der Waals surface area contributed by atoms with Crippen molar-refractivity contribution in [3.63, 3.8) is 0 Å². The minimum absolute atomic E-state index is 0.196. The Bertz CT molecular complexity index is 914. The van der Waals surface area contributed by atoms with E-state index in [-0.39, 0.29) is 11.3 Å². The number of hydrogen-bond donors (Lipinski definition) is 1. The van der Waals surface area contributed by atoms with E-state index >= 15 is 0 Å². The Morgan fingerprint density at radius 2 is 2.06 bits per heavy atom. The van der Waals surface area contributed by atoms with Crippen LogP contribution >= 0.6 is 0 Å². The van der Waals surface area contributed by atoms with Gasteiger partial charge in [-0.2, -0.15) is 5.10 Å². The Balaban J connectivity index is 1.35. The lowest BCUT2D eigenvalue weighted by atomic mass is 9.79. The predicted octanol–water partition coefficient (Wildman–Crippen LogP) is 2.58. The molecular weight excluding hydrogens is 394 g/mol. The molecule has 0 aliphatic carbocycles.